The summed E-state index contributed by atoms with van der Waals surface area (Å²) in [7, 11) is 0. The van der Waals surface area contributed by atoms with E-state index in [1.54, 1.807) is 19.9 Å². The second kappa shape index (κ2) is 9.86. The third-order valence-corrected chi connectivity index (χ3v) is 4.45. The number of aromatic nitrogens is 1. The smallest absolute Gasteiger partial charge is 0.316 e. The van der Waals surface area contributed by atoms with Crippen LogP contribution in [0.4, 0.5) is 5.82 Å². The van der Waals surface area contributed by atoms with Crippen molar-refractivity contribution < 1.29 is 23.6 Å². The van der Waals surface area contributed by atoms with Crippen LogP contribution in [0.1, 0.15) is 18.2 Å². The molecule has 1 aromatic carbocycles. The SMILES string of the molecule is Cc1ccc(OCCOC(=O)CS[C@H](C)C(=O)Nc2cc(C)on2)cc1. The third kappa shape index (κ3) is 6.79. The largest absolute Gasteiger partial charge is 0.490 e. The van der Waals surface area contributed by atoms with Gasteiger partial charge in [0, 0.05) is 6.07 Å². The predicted molar refractivity (Wildman–Crippen MR) is 99.4 cm³/mol. The molecule has 1 aromatic heterocycles. The molecule has 7 nitrogen and oxygen atoms in total. The predicted octanol–water partition coefficient (Wildman–Crippen LogP) is 2.97. The number of aryl methyl sites for hydroxylation is 2. The highest BCUT2D eigenvalue weighted by molar-refractivity contribution is 8.01. The second-order valence-corrected chi connectivity index (χ2v) is 6.98. The Morgan fingerprint density at radius 1 is 1.23 bits per heavy atom. The molecule has 0 aliphatic rings. The zero-order chi connectivity index (χ0) is 18.9. The number of rotatable bonds is 9. The number of hydrogen-bond donors (Lipinski definition) is 1. The van der Waals surface area contributed by atoms with Gasteiger partial charge in [-0.15, -0.1) is 11.8 Å². The third-order valence-electron chi connectivity index (χ3n) is 3.34. The van der Waals surface area contributed by atoms with Gasteiger partial charge in [-0.2, -0.15) is 0 Å². The molecular weight excluding hydrogens is 356 g/mol. The highest BCUT2D eigenvalue weighted by Gasteiger charge is 2.17. The fraction of sp³-hybridized carbons (Fsp3) is 0.389. The Morgan fingerprint density at radius 2 is 1.96 bits per heavy atom. The lowest BCUT2D eigenvalue weighted by Crippen LogP contribution is -2.24. The summed E-state index contributed by atoms with van der Waals surface area (Å²) in [5, 5.41) is 5.89. The van der Waals surface area contributed by atoms with Gasteiger partial charge in [-0.1, -0.05) is 22.9 Å². The van der Waals surface area contributed by atoms with Gasteiger partial charge in [0.05, 0.1) is 11.0 Å². The summed E-state index contributed by atoms with van der Waals surface area (Å²) in [5.74, 6) is 1.14. The molecule has 0 radical (unpaired) electrons. The van der Waals surface area contributed by atoms with Crippen LogP contribution in [0.3, 0.4) is 0 Å². The Morgan fingerprint density at radius 3 is 2.62 bits per heavy atom. The first kappa shape index (κ1) is 19.8. The average Bonchev–Trinajstić information content (AvgIpc) is 3.02. The summed E-state index contributed by atoms with van der Waals surface area (Å²) in [6, 6.07) is 9.25. The summed E-state index contributed by atoms with van der Waals surface area (Å²) < 4.78 is 15.5. The number of nitrogens with one attached hydrogen (secondary N) is 1. The zero-order valence-electron chi connectivity index (χ0n) is 15.0. The summed E-state index contributed by atoms with van der Waals surface area (Å²) in [5.41, 5.74) is 1.15. The number of hydrogen-bond acceptors (Lipinski definition) is 7. The second-order valence-electron chi connectivity index (χ2n) is 5.65. The van der Waals surface area contributed by atoms with E-state index in [1.165, 1.54) is 11.8 Å². The van der Waals surface area contributed by atoms with E-state index in [4.69, 9.17) is 14.0 Å². The normalized spacial score (nSPS) is 11.7. The molecule has 0 saturated carbocycles. The molecule has 26 heavy (non-hydrogen) atoms. The Hall–Kier alpha value is -2.48. The first-order chi connectivity index (χ1) is 12.4. The van der Waals surface area contributed by atoms with Gasteiger partial charge in [0.2, 0.25) is 5.91 Å². The van der Waals surface area contributed by atoms with Crippen molar-refractivity contribution in [2.45, 2.75) is 26.0 Å². The van der Waals surface area contributed by atoms with Gasteiger partial charge in [-0.3, -0.25) is 9.59 Å². The van der Waals surface area contributed by atoms with Crippen LogP contribution in [0, 0.1) is 13.8 Å². The van der Waals surface area contributed by atoms with Gasteiger partial charge < -0.3 is 19.3 Å². The monoisotopic (exact) mass is 378 g/mol. The summed E-state index contributed by atoms with van der Waals surface area (Å²) >= 11 is 1.19. The summed E-state index contributed by atoms with van der Waals surface area (Å²) in [6.07, 6.45) is 0. The lowest BCUT2D eigenvalue weighted by atomic mass is 10.2. The molecule has 0 unspecified atom stereocenters. The van der Waals surface area contributed by atoms with Gasteiger partial charge in [0.1, 0.15) is 24.7 Å². The Bertz CT molecular complexity index is 729. The maximum absolute atomic E-state index is 12.0. The van der Waals surface area contributed by atoms with Crippen LogP contribution in [-0.2, 0) is 14.3 Å². The number of esters is 1. The molecule has 1 N–H and O–H groups in total. The molecular formula is C18H22N2O5S. The molecule has 8 heteroatoms. The molecule has 0 spiro atoms. The molecule has 1 heterocycles. The van der Waals surface area contributed by atoms with Gasteiger partial charge >= 0.3 is 5.97 Å². The Balaban J connectivity index is 1.60. The standard InChI is InChI=1S/C18H22N2O5S/c1-12-4-6-15(7-5-12)23-8-9-24-17(21)11-26-14(3)18(22)19-16-10-13(2)25-20-16/h4-7,10,14H,8-9,11H2,1-3H3,(H,19,20,22)/t14-/m1/s1. The number of anilines is 1. The molecule has 0 aliphatic carbocycles. The van der Waals surface area contributed by atoms with Crippen molar-refractivity contribution in [3.05, 3.63) is 41.7 Å². The van der Waals surface area contributed by atoms with Crippen molar-refractivity contribution in [1.82, 2.24) is 5.16 Å². The van der Waals surface area contributed by atoms with Crippen LogP contribution in [0.25, 0.3) is 0 Å². The van der Waals surface area contributed by atoms with Crippen LogP contribution in [0.15, 0.2) is 34.9 Å². The van der Waals surface area contributed by atoms with Gasteiger partial charge in [-0.25, -0.2) is 0 Å². The van der Waals surface area contributed by atoms with Gasteiger partial charge in [0.25, 0.3) is 0 Å². The van der Waals surface area contributed by atoms with E-state index in [1.807, 2.05) is 31.2 Å². The number of amides is 1. The molecule has 0 aliphatic heterocycles. The van der Waals surface area contributed by atoms with Gasteiger partial charge in [-0.05, 0) is 32.9 Å². The molecule has 2 rings (SSSR count). The number of thioether (sulfide) groups is 1. The minimum absolute atomic E-state index is 0.0803. The van der Waals surface area contributed by atoms with Crippen LogP contribution in [0.5, 0.6) is 5.75 Å². The van der Waals surface area contributed by atoms with Crippen molar-refractivity contribution in [2.75, 3.05) is 24.3 Å². The van der Waals surface area contributed by atoms with E-state index >= 15 is 0 Å². The van der Waals surface area contributed by atoms with Crippen LogP contribution < -0.4 is 10.1 Å². The fourth-order valence-corrected chi connectivity index (χ4v) is 2.59. The molecule has 0 fully saturated rings. The lowest BCUT2D eigenvalue weighted by Gasteiger charge is -2.10. The maximum atomic E-state index is 12.0. The molecule has 1 amide bonds. The summed E-state index contributed by atoms with van der Waals surface area (Å²) in [4.78, 5) is 23.7. The van der Waals surface area contributed by atoms with E-state index < -0.39 is 5.25 Å². The highest BCUT2D eigenvalue weighted by Crippen LogP contribution is 2.15. The van der Waals surface area contributed by atoms with Crippen LogP contribution in [-0.4, -0.2) is 41.2 Å². The van der Waals surface area contributed by atoms with Crippen molar-refractivity contribution in [2.24, 2.45) is 0 Å². The topological polar surface area (TPSA) is 90.7 Å². The number of benzene rings is 1. The van der Waals surface area contributed by atoms with E-state index in [-0.39, 0.29) is 30.8 Å². The van der Waals surface area contributed by atoms with E-state index in [0.717, 1.165) is 11.3 Å². The van der Waals surface area contributed by atoms with Crippen LogP contribution in [0.2, 0.25) is 0 Å². The van der Waals surface area contributed by atoms with Crippen molar-refractivity contribution in [3.8, 4) is 5.75 Å². The van der Waals surface area contributed by atoms with Crippen molar-refractivity contribution in [3.63, 3.8) is 0 Å². The Labute approximate surface area is 156 Å². The van der Waals surface area contributed by atoms with Gasteiger partial charge in [0.15, 0.2) is 5.82 Å². The van der Waals surface area contributed by atoms with E-state index in [9.17, 15) is 9.59 Å². The fourth-order valence-electron chi connectivity index (χ4n) is 1.91. The molecule has 140 valence electrons. The van der Waals surface area contributed by atoms with Crippen molar-refractivity contribution in [1.29, 1.82) is 0 Å². The summed E-state index contributed by atoms with van der Waals surface area (Å²) in [6.45, 7) is 5.88. The van der Waals surface area contributed by atoms with Crippen LogP contribution >= 0.6 is 11.8 Å². The molecule has 1 atom stereocenters. The van der Waals surface area contributed by atoms with E-state index in [2.05, 4.69) is 10.5 Å². The minimum atomic E-state index is -0.427. The number of ether oxygens (including phenoxy) is 2. The highest BCUT2D eigenvalue weighted by atomic mass is 32.2. The average molecular weight is 378 g/mol. The minimum Gasteiger partial charge on any atom is -0.490 e. The molecule has 0 bridgehead atoms. The first-order valence-electron chi connectivity index (χ1n) is 8.15. The van der Waals surface area contributed by atoms with Crippen molar-refractivity contribution >= 4 is 29.5 Å². The maximum Gasteiger partial charge on any atom is 0.316 e. The quantitative estimate of drug-likeness (QED) is 0.530. The number of nitrogens with zero attached hydrogens (tertiary/aromatic N) is 1. The Kier molecular flexibility index (Phi) is 7.53. The molecule has 2 aromatic rings. The number of carbonyl (C=O) groups excluding carboxylic acids is 2. The lowest BCUT2D eigenvalue weighted by molar-refractivity contribution is -0.141. The first-order valence-corrected chi connectivity index (χ1v) is 9.20. The molecule has 0 saturated heterocycles. The number of carbonyl (C=O) groups is 2. The zero-order valence-corrected chi connectivity index (χ0v) is 15.8. The van der Waals surface area contributed by atoms with E-state index in [0.29, 0.717) is 11.6 Å².